The lowest BCUT2D eigenvalue weighted by Gasteiger charge is -2.51. The third-order valence-corrected chi connectivity index (χ3v) is 9.15. The molecule has 3 aliphatic rings. The Morgan fingerprint density at radius 1 is 1.14 bits per heavy atom. The Balaban J connectivity index is 1.77. The number of piperidine rings is 1. The number of methoxy groups -OCH3 is 2. The summed E-state index contributed by atoms with van der Waals surface area (Å²) in [6.07, 6.45) is 1.22. The molecule has 1 aromatic carbocycles. The normalized spacial score (nSPS) is 25.1. The van der Waals surface area contributed by atoms with E-state index in [2.05, 4.69) is 32.7 Å². The van der Waals surface area contributed by atoms with Gasteiger partial charge in [0.05, 0.1) is 25.8 Å². The predicted octanol–water partition coefficient (Wildman–Crippen LogP) is 5.40. The van der Waals surface area contributed by atoms with E-state index in [1.165, 1.54) is 13.2 Å². The van der Waals surface area contributed by atoms with Crippen molar-refractivity contribution in [3.8, 4) is 22.8 Å². The number of amides is 1. The Kier molecular flexibility index (Phi) is 7.58. The molecule has 1 saturated heterocycles. The highest BCUT2D eigenvalue weighted by atomic mass is 16.5. The van der Waals surface area contributed by atoms with Gasteiger partial charge in [-0.2, -0.15) is 0 Å². The fourth-order valence-corrected chi connectivity index (χ4v) is 7.13. The number of Topliss-reactive ketones (excluding diaryl/α,β-unsaturated/α-hetero) is 1. The van der Waals surface area contributed by atoms with Gasteiger partial charge in [-0.1, -0.05) is 27.7 Å². The number of likely N-dealkylation sites (tertiary alicyclic amines) is 1. The van der Waals surface area contributed by atoms with Crippen LogP contribution < -0.4 is 9.47 Å². The number of fused-ring (bicyclic) bond motifs is 1. The van der Waals surface area contributed by atoms with Gasteiger partial charge in [0.25, 0.3) is 0 Å². The zero-order chi connectivity index (χ0) is 30.7. The molecule has 9 nitrogen and oxygen atoms in total. The number of pyridine rings is 1. The minimum atomic E-state index is -1.17. The van der Waals surface area contributed by atoms with Crippen molar-refractivity contribution in [1.29, 1.82) is 0 Å². The molecule has 1 fully saturated rings. The Bertz CT molecular complexity index is 1490. The number of carbonyl (C=O) groups excluding carboxylic acids is 2. The van der Waals surface area contributed by atoms with Crippen LogP contribution in [0.2, 0.25) is 0 Å². The van der Waals surface area contributed by atoms with E-state index in [0.717, 1.165) is 11.1 Å². The van der Waals surface area contributed by atoms with Crippen LogP contribution in [0.5, 0.6) is 11.5 Å². The lowest BCUT2D eigenvalue weighted by atomic mass is 9.64. The van der Waals surface area contributed by atoms with Gasteiger partial charge in [0, 0.05) is 67.1 Å². The SMILES string of the molecule is COc1cc(C(=O)O)nc(-c2ccc(OC)c([C@H]3C4=C(CC(C)(C)CC4=O)O[C@H]4C[C@@H](C(C)C)N(C)C(=O)[C@@H]43)c2C)c1. The molecule has 2 aromatic rings. The number of aromatic carboxylic acids is 1. The first-order chi connectivity index (χ1) is 19.8. The average molecular weight is 577 g/mol. The molecule has 1 aromatic heterocycles. The lowest BCUT2D eigenvalue weighted by Crippen LogP contribution is -2.58. The molecule has 0 radical (unpaired) electrons. The molecule has 3 heterocycles. The number of ketones is 1. The first-order valence-electron chi connectivity index (χ1n) is 14.4. The number of allylic oxidation sites excluding steroid dienone is 2. The number of nitrogens with zero attached hydrogens (tertiary/aromatic N) is 2. The topological polar surface area (TPSA) is 115 Å². The smallest absolute Gasteiger partial charge is 0.354 e. The van der Waals surface area contributed by atoms with E-state index in [9.17, 15) is 19.5 Å². The van der Waals surface area contributed by atoms with Crippen molar-refractivity contribution in [3.63, 3.8) is 0 Å². The van der Waals surface area contributed by atoms with E-state index in [1.807, 2.05) is 24.9 Å². The molecule has 1 aliphatic carbocycles. The summed E-state index contributed by atoms with van der Waals surface area (Å²) in [6.45, 7) is 10.3. The van der Waals surface area contributed by atoms with Crippen LogP contribution in [0.15, 0.2) is 35.6 Å². The van der Waals surface area contributed by atoms with Crippen molar-refractivity contribution in [1.82, 2.24) is 9.88 Å². The number of carboxylic acid groups (broad SMARTS) is 1. The number of ether oxygens (including phenoxy) is 3. The Morgan fingerprint density at radius 3 is 2.48 bits per heavy atom. The molecular weight excluding hydrogens is 536 g/mol. The van der Waals surface area contributed by atoms with Crippen LogP contribution in [0.1, 0.15) is 74.5 Å². The molecule has 0 spiro atoms. The molecule has 0 unspecified atom stereocenters. The zero-order valence-corrected chi connectivity index (χ0v) is 25.6. The van der Waals surface area contributed by atoms with Crippen molar-refractivity contribution >= 4 is 17.7 Å². The Morgan fingerprint density at radius 2 is 1.86 bits per heavy atom. The molecule has 5 rings (SSSR count). The number of rotatable bonds is 6. The maximum absolute atomic E-state index is 14.2. The minimum absolute atomic E-state index is 0.0126. The minimum Gasteiger partial charge on any atom is -0.497 e. The molecule has 0 bridgehead atoms. The van der Waals surface area contributed by atoms with Gasteiger partial charge in [0.15, 0.2) is 11.5 Å². The molecular formula is C33H40N2O7. The predicted molar refractivity (Wildman–Crippen MR) is 157 cm³/mol. The van der Waals surface area contributed by atoms with Crippen molar-refractivity contribution in [2.24, 2.45) is 17.3 Å². The summed E-state index contributed by atoms with van der Waals surface area (Å²) in [6, 6.07) is 6.69. The van der Waals surface area contributed by atoms with Gasteiger partial charge in [-0.3, -0.25) is 9.59 Å². The second-order valence-corrected chi connectivity index (χ2v) is 12.9. The number of benzene rings is 1. The van der Waals surface area contributed by atoms with Crippen LogP contribution in [0.3, 0.4) is 0 Å². The van der Waals surface area contributed by atoms with E-state index >= 15 is 0 Å². The van der Waals surface area contributed by atoms with Crippen molar-refractivity contribution in [3.05, 3.63) is 52.4 Å². The summed E-state index contributed by atoms with van der Waals surface area (Å²) in [5.74, 6) is -0.646. The van der Waals surface area contributed by atoms with Gasteiger partial charge >= 0.3 is 5.97 Å². The van der Waals surface area contributed by atoms with Crippen LogP contribution in [0, 0.1) is 24.2 Å². The zero-order valence-electron chi connectivity index (χ0n) is 25.6. The van der Waals surface area contributed by atoms with Crippen LogP contribution >= 0.6 is 0 Å². The van der Waals surface area contributed by atoms with Gasteiger partial charge < -0.3 is 24.2 Å². The first kappa shape index (κ1) is 29.6. The monoisotopic (exact) mass is 576 g/mol. The van der Waals surface area contributed by atoms with Crippen LogP contribution in [0.4, 0.5) is 0 Å². The number of hydrogen-bond donors (Lipinski definition) is 1. The largest absolute Gasteiger partial charge is 0.497 e. The van der Waals surface area contributed by atoms with Crippen LogP contribution in [-0.2, 0) is 14.3 Å². The summed E-state index contributed by atoms with van der Waals surface area (Å²) in [5.41, 5.74) is 2.68. The maximum atomic E-state index is 14.2. The molecule has 224 valence electrons. The number of carbonyl (C=O) groups is 3. The highest BCUT2D eigenvalue weighted by molar-refractivity contribution is 6.01. The van der Waals surface area contributed by atoms with Crippen molar-refractivity contribution < 1.29 is 33.7 Å². The summed E-state index contributed by atoms with van der Waals surface area (Å²) < 4.78 is 17.9. The number of carboxylic acids is 1. The average Bonchev–Trinajstić information content (AvgIpc) is 2.92. The maximum Gasteiger partial charge on any atom is 0.354 e. The number of hydrogen-bond acceptors (Lipinski definition) is 7. The standard InChI is InChI=1S/C33H40N2O7/c1-16(2)22-13-25-29(31(37)35(22)6)30(28-23(36)14-33(4,5)15-26(28)42-25)27-17(3)19(9-10-24(27)41-8)20-11-18(40-7)12-21(34-20)32(38)39/h9-12,16,22,25,29-30H,13-15H2,1-8H3,(H,38,39)/t22-,25-,29-,30-/m0/s1. The lowest BCUT2D eigenvalue weighted by molar-refractivity contribution is -0.154. The molecule has 2 aliphatic heterocycles. The molecule has 42 heavy (non-hydrogen) atoms. The summed E-state index contributed by atoms with van der Waals surface area (Å²) >= 11 is 0. The molecule has 1 N–H and O–H groups in total. The van der Waals surface area contributed by atoms with Gasteiger partial charge in [-0.05, 0) is 36.0 Å². The van der Waals surface area contributed by atoms with Crippen LogP contribution in [-0.4, -0.2) is 66.1 Å². The third kappa shape index (κ3) is 4.92. The fraction of sp³-hybridized carbons (Fsp3) is 0.515. The van der Waals surface area contributed by atoms with Crippen molar-refractivity contribution in [2.45, 2.75) is 71.9 Å². The Labute approximate surface area is 246 Å². The van der Waals surface area contributed by atoms with Gasteiger partial charge in [0.2, 0.25) is 5.91 Å². The highest BCUT2D eigenvalue weighted by Crippen LogP contribution is 2.54. The van der Waals surface area contributed by atoms with E-state index < -0.39 is 23.9 Å². The van der Waals surface area contributed by atoms with Gasteiger partial charge in [0.1, 0.15) is 23.4 Å². The number of aromatic nitrogens is 1. The third-order valence-electron chi connectivity index (χ3n) is 9.15. The highest BCUT2D eigenvalue weighted by Gasteiger charge is 2.55. The van der Waals surface area contributed by atoms with E-state index in [4.69, 9.17) is 14.2 Å². The Hall–Kier alpha value is -3.88. The van der Waals surface area contributed by atoms with Gasteiger partial charge in [-0.25, -0.2) is 9.78 Å². The summed E-state index contributed by atoms with van der Waals surface area (Å²) in [5, 5.41) is 9.69. The van der Waals surface area contributed by atoms with Gasteiger partial charge in [-0.15, -0.1) is 0 Å². The van der Waals surface area contributed by atoms with Crippen molar-refractivity contribution in [2.75, 3.05) is 21.3 Å². The molecule has 4 atom stereocenters. The second-order valence-electron chi connectivity index (χ2n) is 12.9. The summed E-state index contributed by atoms with van der Waals surface area (Å²) in [4.78, 5) is 46.2. The molecule has 0 saturated carbocycles. The fourth-order valence-electron chi connectivity index (χ4n) is 7.13. The quantitative estimate of drug-likeness (QED) is 0.486. The van der Waals surface area contributed by atoms with E-state index in [1.54, 1.807) is 19.2 Å². The molecule has 1 amide bonds. The first-order valence-corrected chi connectivity index (χ1v) is 14.4. The van der Waals surface area contributed by atoms with E-state index in [-0.39, 0.29) is 34.8 Å². The molecule has 9 heteroatoms. The summed E-state index contributed by atoms with van der Waals surface area (Å²) in [7, 11) is 4.88. The second kappa shape index (κ2) is 10.7. The van der Waals surface area contributed by atoms with Crippen LogP contribution in [0.25, 0.3) is 11.3 Å². The van der Waals surface area contributed by atoms with E-state index in [0.29, 0.717) is 53.4 Å².